The van der Waals surface area contributed by atoms with E-state index in [0.29, 0.717) is 0 Å². The van der Waals surface area contributed by atoms with Gasteiger partial charge < -0.3 is 9.47 Å². The van der Waals surface area contributed by atoms with Gasteiger partial charge in [-0.2, -0.15) is 0 Å². The zero-order valence-corrected chi connectivity index (χ0v) is 20.5. The lowest BCUT2D eigenvalue weighted by atomic mass is 9.87. The summed E-state index contributed by atoms with van der Waals surface area (Å²) in [6.45, 7) is 5.41. The van der Waals surface area contributed by atoms with Crippen molar-refractivity contribution in [2.24, 2.45) is 5.11 Å². The van der Waals surface area contributed by atoms with Gasteiger partial charge in [-0.3, -0.25) is 4.90 Å². The molecule has 2 atom stereocenters. The van der Waals surface area contributed by atoms with Gasteiger partial charge in [-0.1, -0.05) is 63.5 Å². The second kappa shape index (κ2) is 10.3. The molecular weight excluding hydrogens is 488 g/mol. The third-order valence-corrected chi connectivity index (χ3v) is 5.84. The Labute approximate surface area is 201 Å². The minimum absolute atomic E-state index is 0.0654. The predicted molar refractivity (Wildman–Crippen MR) is 127 cm³/mol. The Hall–Kier alpha value is -3.03. The van der Waals surface area contributed by atoms with Crippen molar-refractivity contribution in [1.29, 1.82) is 0 Å². The summed E-state index contributed by atoms with van der Waals surface area (Å²) >= 11 is 3.42. The molecule has 1 aliphatic heterocycles. The molecule has 1 amide bonds. The number of likely N-dealkylation sites (tertiary alicyclic amines) is 1. The minimum atomic E-state index is -1.37. The highest BCUT2D eigenvalue weighted by atomic mass is 79.9. The largest absolute Gasteiger partial charge is 0.459 e. The Balaban J connectivity index is 1.98. The first kappa shape index (κ1) is 24.6. The second-order valence-electron chi connectivity index (χ2n) is 9.05. The Bertz CT molecular complexity index is 1030. The second-order valence-corrected chi connectivity index (χ2v) is 9.97. The van der Waals surface area contributed by atoms with Gasteiger partial charge in [0.25, 0.3) is 0 Å². The van der Waals surface area contributed by atoms with Gasteiger partial charge in [-0.25, -0.2) is 9.59 Å². The molecule has 3 rings (SSSR count). The van der Waals surface area contributed by atoms with E-state index in [1.54, 1.807) is 20.8 Å². The summed E-state index contributed by atoms with van der Waals surface area (Å²) in [4.78, 5) is 31.1. The van der Waals surface area contributed by atoms with Crippen LogP contribution in [0.2, 0.25) is 0 Å². The summed E-state index contributed by atoms with van der Waals surface area (Å²) in [6, 6.07) is 16.2. The zero-order valence-electron chi connectivity index (χ0n) is 18.9. The summed E-state index contributed by atoms with van der Waals surface area (Å²) in [7, 11) is 0. The third-order valence-electron chi connectivity index (χ3n) is 5.31. The number of amides is 1. The number of esters is 1. The van der Waals surface area contributed by atoms with Crippen molar-refractivity contribution in [1.82, 2.24) is 4.90 Å². The quantitative estimate of drug-likeness (QED) is 0.210. The lowest BCUT2D eigenvalue weighted by molar-refractivity contribution is -0.157. The monoisotopic (exact) mass is 514 g/mol. The van der Waals surface area contributed by atoms with E-state index in [2.05, 4.69) is 26.0 Å². The van der Waals surface area contributed by atoms with Gasteiger partial charge in [0.05, 0.1) is 6.04 Å². The maximum atomic E-state index is 13.6. The number of rotatable bonds is 6. The van der Waals surface area contributed by atoms with Gasteiger partial charge in [0.1, 0.15) is 17.7 Å². The molecule has 2 aromatic rings. The maximum absolute atomic E-state index is 13.6. The zero-order chi connectivity index (χ0) is 24.1. The van der Waals surface area contributed by atoms with Crippen molar-refractivity contribution in [2.45, 2.75) is 57.4 Å². The van der Waals surface area contributed by atoms with Crippen LogP contribution >= 0.6 is 15.9 Å². The number of halogens is 1. The lowest BCUT2D eigenvalue weighted by Crippen LogP contribution is -2.56. The molecule has 0 aromatic heterocycles. The fraction of sp³-hybridized carbons (Fsp3) is 0.417. The Kier molecular flexibility index (Phi) is 7.66. The number of azide groups is 1. The summed E-state index contributed by atoms with van der Waals surface area (Å²) < 4.78 is 12.2. The molecule has 1 fully saturated rings. The van der Waals surface area contributed by atoms with Crippen molar-refractivity contribution in [3.63, 3.8) is 0 Å². The third kappa shape index (κ3) is 6.27. The van der Waals surface area contributed by atoms with Crippen LogP contribution < -0.4 is 0 Å². The van der Waals surface area contributed by atoms with E-state index in [1.807, 2.05) is 54.6 Å². The number of carbonyl (C=O) groups is 2. The van der Waals surface area contributed by atoms with E-state index in [1.165, 1.54) is 4.90 Å². The van der Waals surface area contributed by atoms with E-state index in [4.69, 9.17) is 15.0 Å². The molecule has 1 aliphatic rings. The maximum Gasteiger partial charge on any atom is 0.411 e. The van der Waals surface area contributed by atoms with Crippen LogP contribution in [-0.4, -0.2) is 40.7 Å². The van der Waals surface area contributed by atoms with Gasteiger partial charge in [0, 0.05) is 22.4 Å². The summed E-state index contributed by atoms with van der Waals surface area (Å²) in [5.74, 6) is -0.559. The van der Waals surface area contributed by atoms with Crippen molar-refractivity contribution in [3.05, 3.63) is 80.6 Å². The summed E-state index contributed by atoms with van der Waals surface area (Å²) in [6.07, 6.45) is -0.308. The van der Waals surface area contributed by atoms with Crippen LogP contribution in [0.15, 0.2) is 64.2 Å². The van der Waals surface area contributed by atoms with Crippen LogP contribution in [0.25, 0.3) is 10.4 Å². The van der Waals surface area contributed by atoms with Crippen LogP contribution in [0.1, 0.15) is 38.3 Å². The molecule has 0 saturated carbocycles. The molecule has 1 saturated heterocycles. The lowest BCUT2D eigenvalue weighted by Gasteiger charge is -2.37. The molecule has 33 heavy (non-hydrogen) atoms. The number of benzene rings is 2. The van der Waals surface area contributed by atoms with E-state index in [9.17, 15) is 9.59 Å². The van der Waals surface area contributed by atoms with Crippen LogP contribution in [0, 0.1) is 0 Å². The molecule has 9 heteroatoms. The van der Waals surface area contributed by atoms with Crippen LogP contribution in [-0.2, 0) is 27.3 Å². The smallest absolute Gasteiger partial charge is 0.411 e. The van der Waals surface area contributed by atoms with Gasteiger partial charge in [-0.15, -0.1) is 0 Å². The minimum Gasteiger partial charge on any atom is -0.459 e. The summed E-state index contributed by atoms with van der Waals surface area (Å²) in [5, 5.41) is 3.82. The fourth-order valence-electron chi connectivity index (χ4n) is 3.90. The highest BCUT2D eigenvalue weighted by Gasteiger charge is 2.55. The standard InChI is InChI=1S/C24H27BrN4O4/c1-23(2,3)33-22(31)29-15-20(27-28-26)14-24(29,13-17-9-11-19(25)12-10-17)21(30)32-16-18-7-5-4-6-8-18/h4-12,20H,13-16H2,1-3H3/t20-,24+/m0/s1. The molecule has 0 aliphatic carbocycles. The van der Waals surface area contributed by atoms with E-state index in [0.717, 1.165) is 15.6 Å². The molecule has 0 spiro atoms. The van der Waals surface area contributed by atoms with Gasteiger partial charge >= 0.3 is 12.1 Å². The van der Waals surface area contributed by atoms with Gasteiger partial charge in [-0.05, 0) is 56.0 Å². The number of hydrogen-bond donors (Lipinski definition) is 0. The normalized spacial score (nSPS) is 20.1. The molecule has 8 nitrogen and oxygen atoms in total. The van der Waals surface area contributed by atoms with Crippen molar-refractivity contribution in [3.8, 4) is 0 Å². The Morgan fingerprint density at radius 3 is 2.42 bits per heavy atom. The first-order valence-corrected chi connectivity index (χ1v) is 11.4. The molecular formula is C24H27BrN4O4. The van der Waals surface area contributed by atoms with Crippen LogP contribution in [0.3, 0.4) is 0 Å². The van der Waals surface area contributed by atoms with Crippen molar-refractivity contribution < 1.29 is 19.1 Å². The molecule has 174 valence electrons. The SMILES string of the molecule is CC(C)(C)OC(=O)N1C[C@@H](N=[N+]=[N-])C[C@]1(Cc1ccc(Br)cc1)C(=O)OCc1ccccc1. The highest BCUT2D eigenvalue weighted by molar-refractivity contribution is 9.10. The van der Waals surface area contributed by atoms with Crippen molar-refractivity contribution in [2.75, 3.05) is 6.54 Å². The van der Waals surface area contributed by atoms with Gasteiger partial charge in [0.2, 0.25) is 0 Å². The first-order valence-electron chi connectivity index (χ1n) is 10.6. The highest BCUT2D eigenvalue weighted by Crippen LogP contribution is 2.37. The van der Waals surface area contributed by atoms with Crippen LogP contribution in [0.5, 0.6) is 0 Å². The molecule has 1 heterocycles. The first-order chi connectivity index (χ1) is 15.6. The Morgan fingerprint density at radius 1 is 1.15 bits per heavy atom. The fourth-order valence-corrected chi connectivity index (χ4v) is 4.16. The van der Waals surface area contributed by atoms with E-state index < -0.39 is 29.2 Å². The predicted octanol–water partition coefficient (Wildman–Crippen LogP) is 5.79. The average Bonchev–Trinajstić information content (AvgIpc) is 3.13. The van der Waals surface area contributed by atoms with Crippen LogP contribution in [0.4, 0.5) is 4.79 Å². The number of carbonyl (C=O) groups excluding carboxylic acids is 2. The summed E-state index contributed by atoms with van der Waals surface area (Å²) in [5.41, 5.74) is 8.56. The average molecular weight is 515 g/mol. The Morgan fingerprint density at radius 2 is 1.82 bits per heavy atom. The number of hydrogen-bond acceptors (Lipinski definition) is 5. The van der Waals surface area contributed by atoms with E-state index in [-0.39, 0.29) is 26.0 Å². The van der Waals surface area contributed by atoms with E-state index >= 15 is 0 Å². The van der Waals surface area contributed by atoms with Gasteiger partial charge in [0.15, 0.2) is 0 Å². The topological polar surface area (TPSA) is 105 Å². The van der Waals surface area contributed by atoms with Crippen molar-refractivity contribution >= 4 is 28.0 Å². The molecule has 0 radical (unpaired) electrons. The molecule has 2 aromatic carbocycles. The molecule has 0 unspecified atom stereocenters. The number of ether oxygens (including phenoxy) is 2. The molecule has 0 bridgehead atoms. The number of nitrogens with zero attached hydrogens (tertiary/aromatic N) is 4. The molecule has 0 N–H and O–H groups in total.